The van der Waals surface area contributed by atoms with Crippen LogP contribution in [-0.2, 0) is 41.9 Å². The summed E-state index contributed by atoms with van der Waals surface area (Å²) in [5, 5.41) is 57.0. The molecular formula is C20H20N2O8Zn. The van der Waals surface area contributed by atoms with Crippen LogP contribution in [0.4, 0.5) is 0 Å². The zero-order valence-corrected chi connectivity index (χ0v) is 19.4. The Morgan fingerprint density at radius 1 is 0.742 bits per heavy atom. The molecule has 0 aliphatic carbocycles. The molecule has 160 valence electrons. The number of aliphatic carboxylic acids is 2. The zero-order valence-electron chi connectivity index (χ0n) is 16.5. The average Bonchev–Trinajstić information content (AvgIpc) is 2.68. The number of phenols is 4. The van der Waals surface area contributed by atoms with Crippen molar-refractivity contribution in [3.8, 4) is 23.0 Å². The summed E-state index contributed by atoms with van der Waals surface area (Å²) in [6.07, 6.45) is 3.22. The van der Waals surface area contributed by atoms with Crippen LogP contribution >= 0.6 is 0 Å². The van der Waals surface area contributed by atoms with Crippen molar-refractivity contribution in [3.05, 3.63) is 47.5 Å². The number of aromatic hydroxyl groups is 4. The molecule has 2 aromatic carbocycles. The van der Waals surface area contributed by atoms with Gasteiger partial charge >= 0.3 is 19.5 Å². The summed E-state index contributed by atoms with van der Waals surface area (Å²) in [7, 11) is 0. The van der Waals surface area contributed by atoms with Gasteiger partial charge in [0.1, 0.15) is 23.0 Å². The smallest absolute Gasteiger partial charge is 0.548 e. The minimum absolute atomic E-state index is 0. The van der Waals surface area contributed by atoms with Crippen LogP contribution in [0.25, 0.3) is 0 Å². The van der Waals surface area contributed by atoms with E-state index in [4.69, 9.17) is 10.2 Å². The molecule has 4 N–H and O–H groups in total. The first kappa shape index (κ1) is 27.5. The summed E-state index contributed by atoms with van der Waals surface area (Å²) in [4.78, 5) is 27.1. The number of carbonyl (C=O) groups excluding carboxylic acids is 2. The van der Waals surface area contributed by atoms with Gasteiger partial charge in [0.2, 0.25) is 0 Å². The van der Waals surface area contributed by atoms with E-state index in [1.54, 1.807) is 0 Å². The Balaban J connectivity index is 0.000000562. The number of carboxylic acids is 2. The first-order valence-corrected chi connectivity index (χ1v) is 8.57. The van der Waals surface area contributed by atoms with Crippen LogP contribution in [0.5, 0.6) is 23.0 Å². The van der Waals surface area contributed by atoms with E-state index in [2.05, 4.69) is 9.98 Å². The fourth-order valence-electron chi connectivity index (χ4n) is 2.07. The molecular weight excluding hydrogens is 462 g/mol. The summed E-state index contributed by atoms with van der Waals surface area (Å²) >= 11 is 0. The van der Waals surface area contributed by atoms with Gasteiger partial charge in [0.25, 0.3) is 0 Å². The molecule has 0 radical (unpaired) electrons. The van der Waals surface area contributed by atoms with Crippen molar-refractivity contribution >= 4 is 24.4 Å². The third-order valence-corrected chi connectivity index (χ3v) is 3.45. The molecule has 0 aromatic heterocycles. The van der Waals surface area contributed by atoms with E-state index < -0.39 is 25.0 Å². The maximum atomic E-state index is 10.0. The van der Waals surface area contributed by atoms with Crippen LogP contribution in [0, 0.1) is 0 Å². The number of carboxylic acid groups (broad SMARTS) is 2. The zero-order chi connectivity index (χ0) is 22.5. The molecule has 2 aromatic rings. The van der Waals surface area contributed by atoms with Crippen LogP contribution in [-0.4, -0.2) is 57.9 Å². The fraction of sp³-hybridized carbons (Fsp3) is 0.200. The van der Waals surface area contributed by atoms with Gasteiger partial charge in [-0.3, -0.25) is 9.98 Å². The number of hydrogen-bond donors (Lipinski definition) is 4. The quantitative estimate of drug-likeness (QED) is 0.208. The van der Waals surface area contributed by atoms with Crippen molar-refractivity contribution in [1.29, 1.82) is 0 Å². The van der Waals surface area contributed by atoms with Gasteiger partial charge in [0, 0.05) is 36.4 Å². The molecule has 0 heterocycles. The first-order chi connectivity index (χ1) is 14.2. The van der Waals surface area contributed by atoms with Crippen molar-refractivity contribution in [3.63, 3.8) is 0 Å². The second-order valence-corrected chi connectivity index (χ2v) is 5.82. The summed E-state index contributed by atoms with van der Waals surface area (Å²) in [5.74, 6) is -2.37. The molecule has 0 fully saturated rings. The molecule has 2 rings (SSSR count). The third kappa shape index (κ3) is 12.0. The molecule has 0 amide bonds. The molecule has 0 aliphatic rings. The van der Waals surface area contributed by atoms with E-state index in [1.165, 1.54) is 48.8 Å². The van der Waals surface area contributed by atoms with Crippen LogP contribution in [0.2, 0.25) is 0 Å². The average molecular weight is 482 g/mol. The van der Waals surface area contributed by atoms with Crippen LogP contribution in [0.1, 0.15) is 11.1 Å². The molecule has 0 atom stereocenters. The van der Waals surface area contributed by atoms with Gasteiger partial charge in [-0.15, -0.1) is 0 Å². The topological polar surface area (TPSA) is 186 Å². The minimum Gasteiger partial charge on any atom is -0.548 e. The van der Waals surface area contributed by atoms with E-state index in [1.807, 2.05) is 0 Å². The minimum atomic E-state index is -1.26. The van der Waals surface area contributed by atoms with Gasteiger partial charge in [-0.05, 0) is 36.4 Å². The summed E-state index contributed by atoms with van der Waals surface area (Å²) < 4.78 is 0. The van der Waals surface area contributed by atoms with E-state index in [-0.39, 0.29) is 55.3 Å². The molecule has 0 saturated carbocycles. The van der Waals surface area contributed by atoms with Crippen molar-refractivity contribution in [1.82, 2.24) is 0 Å². The molecule has 10 nitrogen and oxygen atoms in total. The second kappa shape index (κ2) is 14.5. The maximum absolute atomic E-state index is 10.0. The van der Waals surface area contributed by atoms with Gasteiger partial charge in [0.15, 0.2) is 0 Å². The van der Waals surface area contributed by atoms with Gasteiger partial charge in [-0.25, -0.2) is 0 Å². The monoisotopic (exact) mass is 480 g/mol. The van der Waals surface area contributed by atoms with E-state index in [0.29, 0.717) is 11.1 Å². The SMILES string of the molecule is O=C([O-])CN=CCc1cc(O)ccc1O.O=C([O-])CN=CCc1cc(O)ccc1O.[Zn+2]. The Kier molecular flexibility index (Phi) is 12.9. The Bertz CT molecular complexity index is 856. The van der Waals surface area contributed by atoms with Crippen molar-refractivity contribution < 1.29 is 59.7 Å². The normalized spacial score (nSPS) is 10.3. The predicted molar refractivity (Wildman–Crippen MR) is 104 cm³/mol. The molecule has 0 saturated heterocycles. The Morgan fingerprint density at radius 2 is 1.10 bits per heavy atom. The Morgan fingerprint density at radius 3 is 1.42 bits per heavy atom. The second-order valence-electron chi connectivity index (χ2n) is 5.82. The van der Waals surface area contributed by atoms with Crippen molar-refractivity contribution in [2.24, 2.45) is 9.98 Å². The third-order valence-electron chi connectivity index (χ3n) is 3.45. The fourth-order valence-corrected chi connectivity index (χ4v) is 2.07. The number of hydrogen-bond acceptors (Lipinski definition) is 10. The number of nitrogens with zero attached hydrogens (tertiary/aromatic N) is 2. The largest absolute Gasteiger partial charge is 2.00 e. The van der Waals surface area contributed by atoms with Crippen LogP contribution in [0.3, 0.4) is 0 Å². The van der Waals surface area contributed by atoms with E-state index >= 15 is 0 Å². The van der Waals surface area contributed by atoms with Gasteiger partial charge in [0.05, 0.1) is 25.0 Å². The Labute approximate surface area is 190 Å². The number of phenolic OH excluding ortho intramolecular Hbond substituents is 4. The molecule has 0 aliphatic heterocycles. The molecule has 31 heavy (non-hydrogen) atoms. The summed E-state index contributed by atoms with van der Waals surface area (Å²) in [6.45, 7) is -0.806. The van der Waals surface area contributed by atoms with Crippen LogP contribution < -0.4 is 10.2 Å². The van der Waals surface area contributed by atoms with E-state index in [9.17, 15) is 30.0 Å². The number of rotatable bonds is 8. The summed E-state index contributed by atoms with van der Waals surface area (Å²) in [5.41, 5.74) is 0.967. The standard InChI is InChI=1S/2C10H11NO4.Zn/c2*12-8-1-2-9(13)7(5-8)3-4-11-6-10(14)15;/h2*1-2,4-5,12-13H,3,6H2,(H,14,15);/q;;+2/p-2. The number of aliphatic imine (C=N–C) groups is 2. The van der Waals surface area contributed by atoms with Gasteiger partial charge < -0.3 is 40.2 Å². The van der Waals surface area contributed by atoms with Crippen molar-refractivity contribution in [2.45, 2.75) is 12.8 Å². The predicted octanol–water partition coefficient (Wildman–Crippen LogP) is -1.08. The molecule has 0 spiro atoms. The summed E-state index contributed by atoms with van der Waals surface area (Å²) in [6, 6.07) is 8.21. The van der Waals surface area contributed by atoms with Gasteiger partial charge in [-0.2, -0.15) is 0 Å². The molecule has 11 heteroatoms. The van der Waals surface area contributed by atoms with Crippen LogP contribution in [0.15, 0.2) is 46.4 Å². The maximum Gasteiger partial charge on any atom is 2.00 e. The Hall–Kier alpha value is -3.46. The number of carbonyl (C=O) groups is 2. The molecule has 0 bridgehead atoms. The van der Waals surface area contributed by atoms with E-state index in [0.717, 1.165) is 0 Å². The van der Waals surface area contributed by atoms with Crippen molar-refractivity contribution in [2.75, 3.05) is 13.1 Å². The van der Waals surface area contributed by atoms with Gasteiger partial charge in [-0.1, -0.05) is 0 Å². The number of benzene rings is 2. The first-order valence-electron chi connectivity index (χ1n) is 8.57. The molecule has 0 unspecified atom stereocenters.